The van der Waals surface area contributed by atoms with Crippen molar-refractivity contribution in [2.24, 2.45) is 5.73 Å². The first-order chi connectivity index (χ1) is 13.9. The van der Waals surface area contributed by atoms with E-state index in [1.54, 1.807) is 19.1 Å². The molecule has 1 aliphatic heterocycles. The number of rotatable bonds is 5. The first-order valence-electron chi connectivity index (χ1n) is 8.50. The summed E-state index contributed by atoms with van der Waals surface area (Å²) in [5.41, 5.74) is 7.25. The van der Waals surface area contributed by atoms with Gasteiger partial charge < -0.3 is 29.4 Å². The van der Waals surface area contributed by atoms with Crippen LogP contribution in [0.4, 0.5) is 0 Å². The quantitative estimate of drug-likeness (QED) is 0.740. The summed E-state index contributed by atoms with van der Waals surface area (Å²) in [5, 5.41) is 9.76. The number of aryl methyl sites for hydroxylation is 1. The second-order valence-electron chi connectivity index (χ2n) is 6.10. The lowest BCUT2D eigenvalue weighted by molar-refractivity contribution is 0.0597. The van der Waals surface area contributed by atoms with Gasteiger partial charge in [0.15, 0.2) is 17.2 Å². The van der Waals surface area contributed by atoms with Crippen molar-refractivity contribution in [3.05, 3.63) is 44.5 Å². The Morgan fingerprint density at radius 2 is 1.79 bits per heavy atom. The summed E-state index contributed by atoms with van der Waals surface area (Å²) in [6.45, 7) is 1.78. The van der Waals surface area contributed by atoms with Crippen LogP contribution < -0.4 is 24.7 Å². The van der Waals surface area contributed by atoms with E-state index in [-0.39, 0.29) is 11.5 Å². The van der Waals surface area contributed by atoms with Crippen LogP contribution in [0.1, 0.15) is 31.6 Å². The lowest BCUT2D eigenvalue weighted by Crippen LogP contribution is -2.21. The van der Waals surface area contributed by atoms with Gasteiger partial charge in [-0.25, -0.2) is 4.79 Å². The highest BCUT2D eigenvalue weighted by Crippen LogP contribution is 2.51. The zero-order valence-electron chi connectivity index (χ0n) is 16.6. The lowest BCUT2D eigenvalue weighted by atomic mass is 9.87. The van der Waals surface area contributed by atoms with E-state index in [1.807, 2.05) is 0 Å². The molecule has 3 rings (SSSR count). The number of ether oxygens (including phenoxy) is 5. The summed E-state index contributed by atoms with van der Waals surface area (Å²) in [6, 6.07) is 5.62. The third-order valence-corrected chi connectivity index (χ3v) is 5.78. The maximum absolute atomic E-state index is 12.3. The largest absolute Gasteiger partial charge is 0.493 e. The van der Waals surface area contributed by atoms with Crippen molar-refractivity contribution in [3.8, 4) is 29.1 Å². The van der Waals surface area contributed by atoms with E-state index < -0.39 is 11.9 Å². The number of nitrogens with zero attached hydrogens (tertiary/aromatic N) is 1. The molecule has 29 heavy (non-hydrogen) atoms. The predicted molar refractivity (Wildman–Crippen MR) is 106 cm³/mol. The molecule has 1 aromatic carbocycles. The zero-order valence-corrected chi connectivity index (χ0v) is 17.4. The second-order valence-corrected chi connectivity index (χ2v) is 7.36. The molecule has 2 aromatic rings. The summed E-state index contributed by atoms with van der Waals surface area (Å²) < 4.78 is 26.8. The van der Waals surface area contributed by atoms with Gasteiger partial charge in [0.05, 0.1) is 39.2 Å². The molecule has 1 aliphatic rings. The van der Waals surface area contributed by atoms with Crippen LogP contribution in [0.15, 0.2) is 23.6 Å². The number of benzene rings is 1. The highest BCUT2D eigenvalue weighted by Gasteiger charge is 2.37. The zero-order chi connectivity index (χ0) is 21.3. The highest BCUT2D eigenvalue weighted by atomic mass is 32.1. The number of hydrogen-bond acceptors (Lipinski definition) is 9. The molecule has 0 radical (unpaired) electrons. The number of esters is 1. The Kier molecular flexibility index (Phi) is 5.57. The first kappa shape index (κ1) is 20.4. The van der Waals surface area contributed by atoms with E-state index in [1.165, 1.54) is 39.8 Å². The summed E-state index contributed by atoms with van der Waals surface area (Å²) in [7, 11) is 5.83. The van der Waals surface area contributed by atoms with Crippen molar-refractivity contribution in [3.63, 3.8) is 0 Å². The van der Waals surface area contributed by atoms with E-state index in [9.17, 15) is 10.1 Å². The van der Waals surface area contributed by atoms with Crippen LogP contribution in [0.2, 0.25) is 0 Å². The van der Waals surface area contributed by atoms with Gasteiger partial charge in [-0.1, -0.05) is 0 Å². The van der Waals surface area contributed by atoms with Gasteiger partial charge in [-0.2, -0.15) is 5.26 Å². The SMILES string of the molecule is COC(=O)c1c(C)sc2c1OC(N)=C(C#N)[C@H]2c1cc(OC)c(OC)c(OC)c1. The number of thiophene rings is 1. The molecule has 0 unspecified atom stereocenters. The van der Waals surface area contributed by atoms with Gasteiger partial charge in [-0.15, -0.1) is 11.3 Å². The maximum Gasteiger partial charge on any atom is 0.342 e. The molecule has 152 valence electrons. The Bertz CT molecular complexity index is 1020. The minimum atomic E-state index is -0.570. The fourth-order valence-electron chi connectivity index (χ4n) is 3.32. The normalized spacial score (nSPS) is 15.1. The Labute approximate surface area is 172 Å². The molecule has 0 fully saturated rings. The Morgan fingerprint density at radius 1 is 1.17 bits per heavy atom. The molecular weight excluding hydrogens is 396 g/mol. The van der Waals surface area contributed by atoms with Crippen molar-refractivity contribution in [1.82, 2.24) is 0 Å². The number of carbonyl (C=O) groups is 1. The Balaban J connectivity index is 2.30. The third-order valence-electron chi connectivity index (χ3n) is 4.62. The molecule has 9 heteroatoms. The molecule has 0 saturated carbocycles. The molecule has 0 aliphatic carbocycles. The van der Waals surface area contributed by atoms with Gasteiger partial charge in [0.2, 0.25) is 11.6 Å². The van der Waals surface area contributed by atoms with Gasteiger partial charge in [-0.05, 0) is 24.6 Å². The Morgan fingerprint density at radius 3 is 2.28 bits per heavy atom. The van der Waals surface area contributed by atoms with E-state index in [2.05, 4.69) is 6.07 Å². The van der Waals surface area contributed by atoms with Crippen molar-refractivity contribution in [2.75, 3.05) is 28.4 Å². The van der Waals surface area contributed by atoms with Gasteiger partial charge in [0, 0.05) is 4.88 Å². The number of fused-ring (bicyclic) bond motifs is 1. The van der Waals surface area contributed by atoms with Crippen LogP contribution in [0.3, 0.4) is 0 Å². The maximum atomic E-state index is 12.3. The van der Waals surface area contributed by atoms with Crippen molar-refractivity contribution < 1.29 is 28.5 Å². The number of nitrogens with two attached hydrogens (primary N) is 1. The van der Waals surface area contributed by atoms with Crippen molar-refractivity contribution in [2.45, 2.75) is 12.8 Å². The van der Waals surface area contributed by atoms with Crippen molar-refractivity contribution in [1.29, 1.82) is 5.26 Å². The van der Waals surface area contributed by atoms with E-state index in [4.69, 9.17) is 29.4 Å². The number of methoxy groups -OCH3 is 4. The first-order valence-corrected chi connectivity index (χ1v) is 9.32. The fourth-order valence-corrected chi connectivity index (χ4v) is 4.54. The number of hydrogen-bond donors (Lipinski definition) is 1. The van der Waals surface area contributed by atoms with Crippen molar-refractivity contribution >= 4 is 17.3 Å². The van der Waals surface area contributed by atoms with Crippen LogP contribution in [0.25, 0.3) is 0 Å². The molecule has 0 saturated heterocycles. The molecule has 8 nitrogen and oxygen atoms in total. The molecule has 2 heterocycles. The average molecular weight is 416 g/mol. The molecular formula is C20H20N2O6S. The van der Waals surface area contributed by atoms with E-state index in [0.29, 0.717) is 43.9 Å². The lowest BCUT2D eigenvalue weighted by Gasteiger charge is -2.25. The molecule has 1 atom stereocenters. The average Bonchev–Trinajstić information content (AvgIpc) is 3.05. The summed E-state index contributed by atoms with van der Waals surface area (Å²) in [5.74, 6) is 0.436. The monoisotopic (exact) mass is 416 g/mol. The Hall–Kier alpha value is -3.38. The summed E-state index contributed by atoms with van der Waals surface area (Å²) >= 11 is 1.34. The number of nitriles is 1. The van der Waals surface area contributed by atoms with Crippen LogP contribution >= 0.6 is 11.3 Å². The highest BCUT2D eigenvalue weighted by molar-refractivity contribution is 7.12. The minimum Gasteiger partial charge on any atom is -0.493 e. The molecule has 1 aromatic heterocycles. The van der Waals surface area contributed by atoms with Gasteiger partial charge in [0.1, 0.15) is 17.2 Å². The van der Waals surface area contributed by atoms with Crippen LogP contribution in [0.5, 0.6) is 23.0 Å². The third kappa shape index (κ3) is 3.21. The van der Waals surface area contributed by atoms with Crippen LogP contribution in [-0.2, 0) is 4.74 Å². The van der Waals surface area contributed by atoms with Gasteiger partial charge >= 0.3 is 5.97 Å². The van der Waals surface area contributed by atoms with E-state index >= 15 is 0 Å². The van der Waals surface area contributed by atoms with Gasteiger partial charge in [-0.3, -0.25) is 0 Å². The molecule has 0 bridgehead atoms. The molecule has 0 amide bonds. The van der Waals surface area contributed by atoms with E-state index in [0.717, 1.165) is 0 Å². The summed E-state index contributed by atoms with van der Waals surface area (Å²) in [6.07, 6.45) is 0. The number of allylic oxidation sites excluding steroid dienone is 1. The van der Waals surface area contributed by atoms with Gasteiger partial charge in [0.25, 0.3) is 0 Å². The smallest absolute Gasteiger partial charge is 0.342 e. The second kappa shape index (κ2) is 7.93. The molecule has 0 spiro atoms. The molecule has 2 N–H and O–H groups in total. The van der Waals surface area contributed by atoms with Crippen LogP contribution in [-0.4, -0.2) is 34.4 Å². The topological polar surface area (TPSA) is 113 Å². The minimum absolute atomic E-state index is 0.0679. The standard InChI is InChI=1S/C20H20N2O6S/c1-9-14(20(23)27-5)17-18(29-9)15(11(8-21)19(22)28-17)10-6-12(24-2)16(26-4)13(7-10)25-3/h6-7,15H,22H2,1-5H3/t15-/m1/s1. The summed E-state index contributed by atoms with van der Waals surface area (Å²) in [4.78, 5) is 13.6. The van der Waals surface area contributed by atoms with Crippen LogP contribution in [0, 0.1) is 18.3 Å². The number of carbonyl (C=O) groups excluding carboxylic acids is 1. The predicted octanol–water partition coefficient (Wildman–Crippen LogP) is 3.09. The fraction of sp³-hybridized carbons (Fsp3) is 0.300.